The van der Waals surface area contributed by atoms with Gasteiger partial charge in [0.25, 0.3) is 11.6 Å². The third-order valence-electron chi connectivity index (χ3n) is 5.39. The molecule has 4 aromatic rings. The molecule has 2 heterocycles. The van der Waals surface area contributed by atoms with Crippen LogP contribution in [0.3, 0.4) is 0 Å². The van der Waals surface area contributed by atoms with Gasteiger partial charge in [-0.1, -0.05) is 40.5 Å². The number of carbonyl (C=O) groups excluding carboxylic acids is 2. The van der Waals surface area contributed by atoms with Crippen LogP contribution in [0.5, 0.6) is 0 Å². The van der Waals surface area contributed by atoms with E-state index in [1.165, 1.54) is 47.3 Å². The number of amides is 1. The summed E-state index contributed by atoms with van der Waals surface area (Å²) in [6, 6.07) is 13.3. The van der Waals surface area contributed by atoms with Gasteiger partial charge >= 0.3 is 5.97 Å². The average molecular weight is 647 g/mol. The lowest BCUT2D eigenvalue weighted by atomic mass is 10.1. The zero-order valence-corrected chi connectivity index (χ0v) is 23.6. The standard InChI is InChI=1S/C25H18BrCl2N7O5/c1-13-9-15(27)11-17(25(37)40-33-21(29)10-14-4-6-16(7-5-14)35(38)39)22(13)31-24(36)19-12-20(26)32-34(19)23-18(28)3-2-8-30-23/h2-9,11-12H,10H2,1H3,(H2,29,33)(H,31,36). The van der Waals surface area contributed by atoms with Crippen molar-refractivity contribution in [1.29, 1.82) is 0 Å². The summed E-state index contributed by atoms with van der Waals surface area (Å²) in [7, 11) is 0. The molecule has 1 amide bonds. The van der Waals surface area contributed by atoms with Crippen LogP contribution in [-0.2, 0) is 11.3 Å². The van der Waals surface area contributed by atoms with E-state index in [1.54, 1.807) is 25.1 Å². The third kappa shape index (κ3) is 6.62. The maximum Gasteiger partial charge on any atom is 0.367 e. The molecule has 40 heavy (non-hydrogen) atoms. The Morgan fingerprint density at radius 3 is 2.60 bits per heavy atom. The van der Waals surface area contributed by atoms with Gasteiger partial charge in [0.1, 0.15) is 16.1 Å². The smallest absolute Gasteiger partial charge is 0.367 e. The number of non-ortho nitro benzene ring substituents is 1. The fourth-order valence-electron chi connectivity index (χ4n) is 3.58. The zero-order chi connectivity index (χ0) is 29.0. The van der Waals surface area contributed by atoms with E-state index in [-0.39, 0.29) is 50.8 Å². The molecule has 0 aliphatic heterocycles. The molecule has 0 fully saturated rings. The molecule has 204 valence electrons. The second kappa shape index (κ2) is 12.2. The summed E-state index contributed by atoms with van der Waals surface area (Å²) in [6.07, 6.45) is 1.57. The van der Waals surface area contributed by atoms with Crippen molar-refractivity contribution in [2.75, 3.05) is 5.32 Å². The molecule has 0 saturated carbocycles. The summed E-state index contributed by atoms with van der Waals surface area (Å²) in [5, 5.41) is 21.9. The van der Waals surface area contributed by atoms with Gasteiger partial charge in [0, 0.05) is 35.8 Å². The fourth-order valence-corrected chi connectivity index (χ4v) is 4.43. The Kier molecular flexibility index (Phi) is 8.77. The Morgan fingerprint density at radius 2 is 1.93 bits per heavy atom. The molecule has 2 aromatic carbocycles. The lowest BCUT2D eigenvalue weighted by Crippen LogP contribution is -2.21. The summed E-state index contributed by atoms with van der Waals surface area (Å²) in [4.78, 5) is 45.8. The number of hydrogen-bond acceptors (Lipinski definition) is 8. The van der Waals surface area contributed by atoms with Gasteiger partial charge in [-0.3, -0.25) is 14.9 Å². The van der Waals surface area contributed by atoms with Crippen LogP contribution in [0.25, 0.3) is 5.82 Å². The number of aromatic nitrogens is 3. The van der Waals surface area contributed by atoms with Crippen molar-refractivity contribution < 1.29 is 19.3 Å². The van der Waals surface area contributed by atoms with E-state index >= 15 is 0 Å². The molecule has 0 aliphatic rings. The van der Waals surface area contributed by atoms with Crippen molar-refractivity contribution in [2.45, 2.75) is 13.3 Å². The number of aryl methyl sites for hydroxylation is 1. The molecule has 0 aliphatic carbocycles. The number of anilines is 1. The van der Waals surface area contributed by atoms with Crippen LogP contribution in [0.15, 0.2) is 70.6 Å². The Balaban J connectivity index is 1.56. The van der Waals surface area contributed by atoms with Gasteiger partial charge in [-0.15, -0.1) is 0 Å². The molecule has 2 aromatic heterocycles. The first-order valence-corrected chi connectivity index (χ1v) is 12.8. The monoisotopic (exact) mass is 645 g/mol. The highest BCUT2D eigenvalue weighted by Crippen LogP contribution is 2.28. The molecule has 0 bridgehead atoms. The van der Waals surface area contributed by atoms with Crippen LogP contribution in [0.4, 0.5) is 11.4 Å². The highest BCUT2D eigenvalue weighted by atomic mass is 79.9. The molecule has 0 radical (unpaired) electrons. The molecule has 0 atom stereocenters. The predicted octanol–water partition coefficient (Wildman–Crippen LogP) is 5.48. The van der Waals surface area contributed by atoms with E-state index < -0.39 is 16.8 Å². The highest BCUT2D eigenvalue weighted by Gasteiger charge is 2.23. The van der Waals surface area contributed by atoms with Crippen LogP contribution in [0.2, 0.25) is 10.0 Å². The quantitative estimate of drug-likeness (QED) is 0.0834. The molecule has 3 N–H and O–H groups in total. The Hall–Kier alpha value is -4.33. The van der Waals surface area contributed by atoms with Gasteiger partial charge in [-0.05, 0) is 58.2 Å². The Morgan fingerprint density at radius 1 is 1.20 bits per heavy atom. The zero-order valence-electron chi connectivity index (χ0n) is 20.5. The molecule has 15 heteroatoms. The number of pyridine rings is 1. The minimum absolute atomic E-state index is 0.0625. The summed E-state index contributed by atoms with van der Waals surface area (Å²) in [6.45, 7) is 1.65. The number of oxime groups is 1. The van der Waals surface area contributed by atoms with Crippen LogP contribution >= 0.6 is 39.1 Å². The maximum absolute atomic E-state index is 13.3. The minimum Gasteiger partial charge on any atom is -0.384 e. The summed E-state index contributed by atoms with van der Waals surface area (Å²) in [5.74, 6) is -1.39. The molecular weight excluding hydrogens is 629 g/mol. The lowest BCUT2D eigenvalue weighted by molar-refractivity contribution is -0.384. The van der Waals surface area contributed by atoms with E-state index in [2.05, 4.69) is 36.5 Å². The number of nitrogens with two attached hydrogens (primary N) is 1. The van der Waals surface area contributed by atoms with Crippen molar-refractivity contribution in [2.24, 2.45) is 10.9 Å². The Bertz CT molecular complexity index is 1660. The first kappa shape index (κ1) is 28.7. The van der Waals surface area contributed by atoms with Crippen molar-refractivity contribution in [3.8, 4) is 5.82 Å². The van der Waals surface area contributed by atoms with Crippen LogP contribution in [0.1, 0.15) is 32.0 Å². The van der Waals surface area contributed by atoms with Gasteiger partial charge in [0.15, 0.2) is 5.82 Å². The van der Waals surface area contributed by atoms with Crippen LogP contribution in [0, 0.1) is 17.0 Å². The van der Waals surface area contributed by atoms with Gasteiger partial charge in [0.05, 0.1) is 21.2 Å². The summed E-state index contributed by atoms with van der Waals surface area (Å²) < 4.78 is 1.61. The average Bonchev–Trinajstić information content (AvgIpc) is 3.30. The molecule has 0 spiro atoms. The number of nitro groups is 1. The van der Waals surface area contributed by atoms with Crippen molar-refractivity contribution in [3.63, 3.8) is 0 Å². The molecule has 0 unspecified atom stereocenters. The maximum atomic E-state index is 13.3. The van der Waals surface area contributed by atoms with E-state index in [4.69, 9.17) is 33.8 Å². The lowest BCUT2D eigenvalue weighted by Gasteiger charge is -2.14. The van der Waals surface area contributed by atoms with Crippen molar-refractivity contribution in [1.82, 2.24) is 14.8 Å². The van der Waals surface area contributed by atoms with Crippen LogP contribution < -0.4 is 11.1 Å². The van der Waals surface area contributed by atoms with Crippen molar-refractivity contribution in [3.05, 3.63) is 108 Å². The van der Waals surface area contributed by atoms with Gasteiger partial charge in [-0.2, -0.15) is 5.10 Å². The largest absolute Gasteiger partial charge is 0.384 e. The second-order valence-corrected chi connectivity index (χ2v) is 9.89. The van der Waals surface area contributed by atoms with E-state index in [0.29, 0.717) is 15.7 Å². The number of rotatable bonds is 8. The Labute approximate surface area is 245 Å². The number of nitrogens with zero attached hydrogens (tertiary/aromatic N) is 5. The van der Waals surface area contributed by atoms with Gasteiger partial charge in [0.2, 0.25) is 0 Å². The number of carbonyl (C=O) groups is 2. The molecule has 0 saturated heterocycles. The normalized spacial score (nSPS) is 11.2. The number of nitrogens with one attached hydrogen (secondary N) is 1. The number of amidine groups is 1. The molecule has 12 nitrogen and oxygen atoms in total. The predicted molar refractivity (Wildman–Crippen MR) is 152 cm³/mol. The third-order valence-corrected chi connectivity index (χ3v) is 6.29. The van der Waals surface area contributed by atoms with E-state index in [9.17, 15) is 19.7 Å². The van der Waals surface area contributed by atoms with Gasteiger partial charge in [-0.25, -0.2) is 14.5 Å². The first-order valence-electron chi connectivity index (χ1n) is 11.3. The van der Waals surface area contributed by atoms with Crippen molar-refractivity contribution >= 4 is 68.2 Å². The van der Waals surface area contributed by atoms with Crippen LogP contribution in [-0.4, -0.2) is 37.4 Å². The second-order valence-electron chi connectivity index (χ2n) is 8.23. The molecule has 4 rings (SSSR count). The van der Waals surface area contributed by atoms with E-state index in [1.807, 2.05) is 0 Å². The number of nitro benzene ring substituents is 1. The topological polar surface area (TPSA) is 168 Å². The highest BCUT2D eigenvalue weighted by molar-refractivity contribution is 9.10. The van der Waals surface area contributed by atoms with E-state index in [0.717, 1.165) is 0 Å². The molecular formula is C25H18BrCl2N7O5. The number of hydrogen-bond donors (Lipinski definition) is 2. The first-order chi connectivity index (χ1) is 19.0. The number of halogens is 3. The minimum atomic E-state index is -0.935. The fraction of sp³-hybridized carbons (Fsp3) is 0.0800. The summed E-state index contributed by atoms with van der Waals surface area (Å²) >= 11 is 15.7. The summed E-state index contributed by atoms with van der Waals surface area (Å²) in [5.41, 5.74) is 7.02. The number of benzene rings is 2. The van der Waals surface area contributed by atoms with Gasteiger partial charge < -0.3 is 15.9 Å². The SMILES string of the molecule is Cc1cc(Cl)cc(C(=O)O/N=C(/N)Cc2ccc([N+](=O)[O-])cc2)c1NC(=O)c1cc(Br)nn1-c1ncccc1Cl.